The molecule has 2 amide bonds. The molecular weight excluding hydrogens is 296 g/mol. The third kappa shape index (κ3) is 8.79. The molecule has 0 saturated carbocycles. The molecule has 1 saturated heterocycles. The first-order chi connectivity index (χ1) is 10.7. The summed E-state index contributed by atoms with van der Waals surface area (Å²) in [5, 5.41) is 2.93. The van der Waals surface area contributed by atoms with Gasteiger partial charge in [-0.3, -0.25) is 4.79 Å². The topological polar surface area (TPSA) is 67.9 Å². The first-order valence-corrected chi connectivity index (χ1v) is 8.50. The summed E-state index contributed by atoms with van der Waals surface area (Å²) in [6, 6.07) is 0. The highest BCUT2D eigenvalue weighted by Crippen LogP contribution is 2.16. The van der Waals surface area contributed by atoms with Crippen LogP contribution >= 0.6 is 0 Å². The van der Waals surface area contributed by atoms with Gasteiger partial charge in [0.15, 0.2) is 0 Å². The molecule has 6 heteroatoms. The zero-order chi connectivity index (χ0) is 17.5. The predicted octanol–water partition coefficient (Wildman–Crippen LogP) is 2.56. The van der Waals surface area contributed by atoms with Crippen LogP contribution in [0.15, 0.2) is 0 Å². The van der Waals surface area contributed by atoms with Crippen LogP contribution in [0.3, 0.4) is 0 Å². The van der Waals surface area contributed by atoms with Crippen LogP contribution < -0.4 is 5.32 Å². The third-order valence-corrected chi connectivity index (χ3v) is 3.66. The summed E-state index contributed by atoms with van der Waals surface area (Å²) in [4.78, 5) is 25.3. The number of ether oxygens (including phenoxy) is 2. The van der Waals surface area contributed by atoms with E-state index in [1.165, 1.54) is 0 Å². The molecule has 1 aliphatic heterocycles. The van der Waals surface area contributed by atoms with Gasteiger partial charge < -0.3 is 19.7 Å². The molecule has 0 spiro atoms. The van der Waals surface area contributed by atoms with E-state index in [0.29, 0.717) is 19.5 Å². The molecule has 1 aliphatic rings. The average molecular weight is 328 g/mol. The van der Waals surface area contributed by atoms with Gasteiger partial charge in [-0.05, 0) is 46.0 Å². The monoisotopic (exact) mass is 328 g/mol. The largest absolute Gasteiger partial charge is 0.444 e. The van der Waals surface area contributed by atoms with E-state index >= 15 is 0 Å². The van der Waals surface area contributed by atoms with Crippen LogP contribution in [-0.4, -0.2) is 55.3 Å². The molecule has 0 aliphatic carbocycles. The van der Waals surface area contributed by atoms with Gasteiger partial charge in [0.25, 0.3) is 0 Å². The molecule has 0 unspecified atom stereocenters. The molecule has 0 aromatic rings. The van der Waals surface area contributed by atoms with E-state index in [9.17, 15) is 9.59 Å². The van der Waals surface area contributed by atoms with Gasteiger partial charge in [0, 0.05) is 33.2 Å². The van der Waals surface area contributed by atoms with Crippen molar-refractivity contribution in [2.45, 2.75) is 65.1 Å². The van der Waals surface area contributed by atoms with E-state index in [-0.39, 0.29) is 24.0 Å². The number of hydrogen-bond donors (Lipinski definition) is 1. The van der Waals surface area contributed by atoms with Crippen LogP contribution in [0, 0.1) is 5.92 Å². The minimum Gasteiger partial charge on any atom is -0.444 e. The second-order valence-electron chi connectivity index (χ2n) is 7.44. The second-order valence-corrected chi connectivity index (χ2v) is 7.44. The van der Waals surface area contributed by atoms with E-state index in [1.807, 2.05) is 27.7 Å². The molecule has 0 aromatic carbocycles. The van der Waals surface area contributed by atoms with Gasteiger partial charge >= 0.3 is 6.09 Å². The fourth-order valence-corrected chi connectivity index (χ4v) is 2.49. The average Bonchev–Trinajstić information content (AvgIpc) is 2.94. The lowest BCUT2D eigenvalue weighted by atomic mass is 10.1. The van der Waals surface area contributed by atoms with Crippen molar-refractivity contribution in [3.8, 4) is 0 Å². The Morgan fingerprint density at radius 2 is 2.09 bits per heavy atom. The number of amides is 2. The smallest absolute Gasteiger partial charge is 0.410 e. The molecule has 6 nitrogen and oxygen atoms in total. The molecule has 1 fully saturated rings. The maximum absolute atomic E-state index is 11.9. The van der Waals surface area contributed by atoms with Gasteiger partial charge in [-0.25, -0.2) is 4.79 Å². The number of rotatable bonds is 7. The maximum atomic E-state index is 11.9. The molecule has 1 N–H and O–H groups in total. The van der Waals surface area contributed by atoms with Gasteiger partial charge in [-0.15, -0.1) is 0 Å². The van der Waals surface area contributed by atoms with Crippen LogP contribution in [0.25, 0.3) is 0 Å². The Labute approximate surface area is 139 Å². The fourth-order valence-electron chi connectivity index (χ4n) is 2.49. The number of hydrogen-bond acceptors (Lipinski definition) is 4. The highest BCUT2D eigenvalue weighted by Gasteiger charge is 2.21. The Morgan fingerprint density at radius 1 is 1.39 bits per heavy atom. The summed E-state index contributed by atoms with van der Waals surface area (Å²) in [6.07, 6.45) is 3.35. The van der Waals surface area contributed by atoms with Crippen molar-refractivity contribution in [3.63, 3.8) is 0 Å². The van der Waals surface area contributed by atoms with Crippen LogP contribution in [0.1, 0.15) is 53.4 Å². The minimum atomic E-state index is -0.495. The normalized spacial score (nSPS) is 19.3. The van der Waals surface area contributed by atoms with Crippen molar-refractivity contribution in [2.24, 2.45) is 5.92 Å². The van der Waals surface area contributed by atoms with Crippen LogP contribution in [0.4, 0.5) is 4.79 Å². The molecular formula is C17H32N2O4. The van der Waals surface area contributed by atoms with Crippen molar-refractivity contribution >= 4 is 12.0 Å². The molecule has 0 aromatic heterocycles. The summed E-state index contributed by atoms with van der Waals surface area (Å²) in [6.45, 7) is 9.45. The van der Waals surface area contributed by atoms with Crippen molar-refractivity contribution in [3.05, 3.63) is 0 Å². The molecule has 134 valence electrons. The highest BCUT2D eigenvalue weighted by molar-refractivity contribution is 5.75. The Kier molecular flexibility index (Phi) is 7.82. The predicted molar refractivity (Wildman–Crippen MR) is 89.2 cm³/mol. The Hall–Kier alpha value is -1.30. The van der Waals surface area contributed by atoms with E-state index in [1.54, 1.807) is 11.9 Å². The number of nitrogens with one attached hydrogen (secondary N) is 1. The molecule has 2 atom stereocenters. The van der Waals surface area contributed by atoms with Crippen molar-refractivity contribution < 1.29 is 19.1 Å². The standard InChI is InChI=1S/C17H32N2O4/c1-13(12-19(5)16(21)23-17(2,3)4)11-18-15(20)9-8-14-7-6-10-22-14/h13-14H,6-12H2,1-5H3,(H,18,20)/t13-,14-/m1/s1. The first kappa shape index (κ1) is 19.7. The number of nitrogens with zero attached hydrogens (tertiary/aromatic N) is 1. The van der Waals surface area contributed by atoms with Gasteiger partial charge in [0.05, 0.1) is 6.10 Å². The van der Waals surface area contributed by atoms with Gasteiger partial charge in [0.1, 0.15) is 5.60 Å². The Balaban J connectivity index is 2.18. The van der Waals surface area contributed by atoms with Gasteiger partial charge in [-0.1, -0.05) is 6.92 Å². The lowest BCUT2D eigenvalue weighted by Crippen LogP contribution is -2.39. The van der Waals surface area contributed by atoms with Crippen LogP contribution in [-0.2, 0) is 14.3 Å². The molecule has 1 heterocycles. The number of carbonyl (C=O) groups is 2. The maximum Gasteiger partial charge on any atom is 0.410 e. The van der Waals surface area contributed by atoms with Crippen LogP contribution in [0.2, 0.25) is 0 Å². The van der Waals surface area contributed by atoms with E-state index < -0.39 is 5.60 Å². The summed E-state index contributed by atoms with van der Waals surface area (Å²) < 4.78 is 10.8. The van der Waals surface area contributed by atoms with E-state index in [0.717, 1.165) is 25.9 Å². The molecule has 0 bridgehead atoms. The lowest BCUT2D eigenvalue weighted by Gasteiger charge is -2.26. The number of carbonyl (C=O) groups excluding carboxylic acids is 2. The van der Waals surface area contributed by atoms with Gasteiger partial charge in [-0.2, -0.15) is 0 Å². The fraction of sp³-hybridized carbons (Fsp3) is 0.882. The summed E-state index contributed by atoms with van der Waals surface area (Å²) >= 11 is 0. The van der Waals surface area contributed by atoms with E-state index in [2.05, 4.69) is 5.32 Å². The summed E-state index contributed by atoms with van der Waals surface area (Å²) in [5.41, 5.74) is -0.495. The Morgan fingerprint density at radius 3 is 2.65 bits per heavy atom. The molecule has 1 rings (SSSR count). The van der Waals surface area contributed by atoms with E-state index in [4.69, 9.17) is 9.47 Å². The minimum absolute atomic E-state index is 0.0484. The van der Waals surface area contributed by atoms with Gasteiger partial charge in [0.2, 0.25) is 5.91 Å². The zero-order valence-electron chi connectivity index (χ0n) is 15.2. The highest BCUT2D eigenvalue weighted by atomic mass is 16.6. The van der Waals surface area contributed by atoms with Crippen LogP contribution in [0.5, 0.6) is 0 Å². The molecule has 23 heavy (non-hydrogen) atoms. The molecule has 0 radical (unpaired) electrons. The summed E-state index contributed by atoms with van der Waals surface area (Å²) in [5.74, 6) is 0.214. The lowest BCUT2D eigenvalue weighted by molar-refractivity contribution is -0.121. The van der Waals surface area contributed by atoms with Crippen molar-refractivity contribution in [2.75, 3.05) is 26.7 Å². The first-order valence-electron chi connectivity index (χ1n) is 8.50. The second kappa shape index (κ2) is 9.11. The Bertz CT molecular complexity index is 387. The SMILES string of the molecule is C[C@H](CNC(=O)CC[C@H]1CCCO1)CN(C)C(=O)OC(C)(C)C. The zero-order valence-corrected chi connectivity index (χ0v) is 15.2. The van der Waals surface area contributed by atoms with Crippen molar-refractivity contribution in [1.29, 1.82) is 0 Å². The third-order valence-electron chi connectivity index (χ3n) is 3.66. The van der Waals surface area contributed by atoms with Crippen molar-refractivity contribution in [1.82, 2.24) is 10.2 Å². The summed E-state index contributed by atoms with van der Waals surface area (Å²) in [7, 11) is 1.71. The quantitative estimate of drug-likeness (QED) is 0.780.